The van der Waals surface area contributed by atoms with E-state index in [1.807, 2.05) is 0 Å². The fraction of sp³-hybridized carbons (Fsp3) is 0.917. The molecule has 1 aliphatic heterocycles. The lowest BCUT2D eigenvalue weighted by atomic mass is 9.72. The lowest BCUT2D eigenvalue weighted by molar-refractivity contribution is -0.140. The van der Waals surface area contributed by atoms with E-state index in [1.165, 1.54) is 12.8 Å². The molecule has 0 aromatic carbocycles. The van der Waals surface area contributed by atoms with Crippen LogP contribution >= 0.6 is 0 Å². The molecule has 1 saturated heterocycles. The molecule has 1 N–H and O–H groups in total. The Morgan fingerprint density at radius 1 is 1.40 bits per heavy atom. The maximum atomic E-state index is 10.8. The standard InChI is InChI=1S/C12H21NO2/c1-12(2)8-13(10-3-4-10)6-5-9(12)7-11(14)15/h9-10H,3-8H2,1-2H3,(H,14,15). The molecule has 0 aromatic heterocycles. The Bertz CT molecular complexity index is 258. The van der Waals surface area contributed by atoms with E-state index >= 15 is 0 Å². The van der Waals surface area contributed by atoms with Crippen LogP contribution in [0.5, 0.6) is 0 Å². The van der Waals surface area contributed by atoms with Gasteiger partial charge in [-0.3, -0.25) is 9.69 Å². The van der Waals surface area contributed by atoms with Gasteiger partial charge in [-0.2, -0.15) is 0 Å². The van der Waals surface area contributed by atoms with Gasteiger partial charge in [0.1, 0.15) is 0 Å². The van der Waals surface area contributed by atoms with Gasteiger partial charge in [0, 0.05) is 19.0 Å². The van der Waals surface area contributed by atoms with Gasteiger partial charge in [0.2, 0.25) is 0 Å². The first-order valence-corrected chi connectivity index (χ1v) is 5.95. The molecule has 1 aliphatic carbocycles. The number of likely N-dealkylation sites (tertiary alicyclic amines) is 1. The van der Waals surface area contributed by atoms with Crippen molar-refractivity contribution < 1.29 is 9.90 Å². The minimum atomic E-state index is -0.645. The molecule has 3 nitrogen and oxygen atoms in total. The van der Waals surface area contributed by atoms with Crippen LogP contribution < -0.4 is 0 Å². The lowest BCUT2D eigenvalue weighted by Gasteiger charge is -2.44. The van der Waals surface area contributed by atoms with Crippen LogP contribution in [0, 0.1) is 11.3 Å². The molecule has 1 atom stereocenters. The van der Waals surface area contributed by atoms with Crippen molar-refractivity contribution in [1.82, 2.24) is 4.90 Å². The van der Waals surface area contributed by atoms with Crippen molar-refractivity contribution in [2.75, 3.05) is 13.1 Å². The van der Waals surface area contributed by atoms with E-state index in [9.17, 15) is 4.79 Å². The molecule has 1 unspecified atom stereocenters. The fourth-order valence-corrected chi connectivity index (χ4v) is 2.78. The first kappa shape index (κ1) is 10.9. The van der Waals surface area contributed by atoms with Gasteiger partial charge in [0.05, 0.1) is 0 Å². The molecule has 86 valence electrons. The Balaban J connectivity index is 1.95. The summed E-state index contributed by atoms with van der Waals surface area (Å²) in [5.74, 6) is -0.294. The molecule has 1 heterocycles. The van der Waals surface area contributed by atoms with Crippen LogP contribution in [0.25, 0.3) is 0 Å². The van der Waals surface area contributed by atoms with Crippen molar-refractivity contribution in [2.45, 2.75) is 45.6 Å². The number of piperidine rings is 1. The van der Waals surface area contributed by atoms with Crippen molar-refractivity contribution in [1.29, 1.82) is 0 Å². The van der Waals surface area contributed by atoms with Crippen molar-refractivity contribution in [3.63, 3.8) is 0 Å². The number of carboxylic acids is 1. The van der Waals surface area contributed by atoms with Gasteiger partial charge >= 0.3 is 5.97 Å². The van der Waals surface area contributed by atoms with Crippen LogP contribution in [0.1, 0.15) is 39.5 Å². The maximum Gasteiger partial charge on any atom is 0.303 e. The minimum absolute atomic E-state index is 0.166. The second-order valence-electron chi connectivity index (χ2n) is 5.77. The van der Waals surface area contributed by atoms with Crippen LogP contribution in [0.15, 0.2) is 0 Å². The summed E-state index contributed by atoms with van der Waals surface area (Å²) in [6.07, 6.45) is 4.08. The van der Waals surface area contributed by atoms with Gasteiger partial charge in [0.25, 0.3) is 0 Å². The van der Waals surface area contributed by atoms with E-state index in [4.69, 9.17) is 5.11 Å². The average Bonchev–Trinajstić information content (AvgIpc) is 2.90. The largest absolute Gasteiger partial charge is 0.481 e. The van der Waals surface area contributed by atoms with Crippen molar-refractivity contribution in [2.24, 2.45) is 11.3 Å². The third-order valence-corrected chi connectivity index (χ3v) is 3.96. The van der Waals surface area contributed by atoms with E-state index in [1.54, 1.807) is 0 Å². The Kier molecular flexibility index (Phi) is 2.75. The highest BCUT2D eigenvalue weighted by molar-refractivity contribution is 5.67. The summed E-state index contributed by atoms with van der Waals surface area (Å²) in [5, 5.41) is 8.87. The molecule has 0 bridgehead atoms. The number of carboxylic acid groups (broad SMARTS) is 1. The Labute approximate surface area is 91.5 Å². The second-order valence-corrected chi connectivity index (χ2v) is 5.77. The summed E-state index contributed by atoms with van der Waals surface area (Å²) >= 11 is 0. The third-order valence-electron chi connectivity index (χ3n) is 3.96. The predicted octanol–water partition coefficient (Wildman–Crippen LogP) is 1.97. The summed E-state index contributed by atoms with van der Waals surface area (Å²) < 4.78 is 0. The molecule has 2 fully saturated rings. The number of aliphatic carboxylic acids is 1. The van der Waals surface area contributed by atoms with E-state index in [0.29, 0.717) is 12.3 Å². The lowest BCUT2D eigenvalue weighted by Crippen LogP contribution is -2.47. The highest BCUT2D eigenvalue weighted by Gasteiger charge is 2.41. The Morgan fingerprint density at radius 2 is 2.07 bits per heavy atom. The Hall–Kier alpha value is -0.570. The van der Waals surface area contributed by atoms with Crippen LogP contribution in [-0.2, 0) is 4.79 Å². The first-order chi connectivity index (χ1) is 6.99. The molecule has 1 saturated carbocycles. The second kappa shape index (κ2) is 3.78. The summed E-state index contributed by atoms with van der Waals surface area (Å²) in [6, 6.07) is 0.815. The van der Waals surface area contributed by atoms with Crippen molar-refractivity contribution >= 4 is 5.97 Å². The maximum absolute atomic E-state index is 10.8. The minimum Gasteiger partial charge on any atom is -0.481 e. The molecule has 0 radical (unpaired) electrons. The van der Waals surface area contributed by atoms with Crippen molar-refractivity contribution in [3.8, 4) is 0 Å². The first-order valence-electron chi connectivity index (χ1n) is 5.95. The molecular weight excluding hydrogens is 190 g/mol. The topological polar surface area (TPSA) is 40.5 Å². The summed E-state index contributed by atoms with van der Waals surface area (Å²) in [6.45, 7) is 6.62. The van der Waals surface area contributed by atoms with Gasteiger partial charge in [-0.25, -0.2) is 0 Å². The smallest absolute Gasteiger partial charge is 0.303 e. The molecule has 2 rings (SSSR count). The molecular formula is C12H21NO2. The number of nitrogens with zero attached hydrogens (tertiary/aromatic N) is 1. The Morgan fingerprint density at radius 3 is 2.53 bits per heavy atom. The van der Waals surface area contributed by atoms with Crippen LogP contribution in [0.4, 0.5) is 0 Å². The van der Waals surface area contributed by atoms with E-state index in [0.717, 1.165) is 25.6 Å². The highest BCUT2D eigenvalue weighted by atomic mass is 16.4. The van der Waals surface area contributed by atoms with Gasteiger partial charge < -0.3 is 5.11 Å². The normalized spacial score (nSPS) is 31.5. The molecule has 0 spiro atoms. The fourth-order valence-electron chi connectivity index (χ4n) is 2.78. The molecule has 15 heavy (non-hydrogen) atoms. The van der Waals surface area contributed by atoms with E-state index in [2.05, 4.69) is 18.7 Å². The van der Waals surface area contributed by atoms with Crippen LogP contribution in [0.2, 0.25) is 0 Å². The monoisotopic (exact) mass is 211 g/mol. The zero-order chi connectivity index (χ0) is 11.1. The SMILES string of the molecule is CC1(C)CN(C2CC2)CCC1CC(=O)O. The number of carbonyl (C=O) groups is 1. The summed E-state index contributed by atoms with van der Waals surface area (Å²) in [4.78, 5) is 13.3. The van der Waals surface area contributed by atoms with Crippen LogP contribution in [-0.4, -0.2) is 35.1 Å². The van der Waals surface area contributed by atoms with Gasteiger partial charge in [0.15, 0.2) is 0 Å². The molecule has 0 amide bonds. The van der Waals surface area contributed by atoms with Crippen LogP contribution in [0.3, 0.4) is 0 Å². The number of hydrogen-bond acceptors (Lipinski definition) is 2. The van der Waals surface area contributed by atoms with E-state index in [-0.39, 0.29) is 5.41 Å². The molecule has 0 aromatic rings. The number of rotatable bonds is 3. The van der Waals surface area contributed by atoms with Gasteiger partial charge in [-0.15, -0.1) is 0 Å². The highest BCUT2D eigenvalue weighted by Crippen LogP contribution is 2.40. The van der Waals surface area contributed by atoms with E-state index < -0.39 is 5.97 Å². The van der Waals surface area contributed by atoms with Crippen molar-refractivity contribution in [3.05, 3.63) is 0 Å². The average molecular weight is 211 g/mol. The molecule has 3 heteroatoms. The van der Waals surface area contributed by atoms with Gasteiger partial charge in [-0.05, 0) is 37.1 Å². The van der Waals surface area contributed by atoms with Gasteiger partial charge in [-0.1, -0.05) is 13.8 Å². The molecule has 2 aliphatic rings. The quantitative estimate of drug-likeness (QED) is 0.776. The zero-order valence-electron chi connectivity index (χ0n) is 9.70. The predicted molar refractivity (Wildman–Crippen MR) is 58.7 cm³/mol. The summed E-state index contributed by atoms with van der Waals surface area (Å²) in [7, 11) is 0. The summed E-state index contributed by atoms with van der Waals surface area (Å²) in [5.41, 5.74) is 0.166. The number of hydrogen-bond donors (Lipinski definition) is 1. The zero-order valence-corrected chi connectivity index (χ0v) is 9.70. The third kappa shape index (κ3) is 2.51.